The van der Waals surface area contributed by atoms with Gasteiger partial charge in [0.05, 0.1) is 0 Å². The van der Waals surface area contributed by atoms with Crippen LogP contribution in [0, 0.1) is 0 Å². The molecule has 1 aromatic heterocycles. The third kappa shape index (κ3) is 1.89. The fourth-order valence-electron chi connectivity index (χ4n) is 1.78. The highest BCUT2D eigenvalue weighted by Crippen LogP contribution is 2.32. The number of hydrogen-bond acceptors (Lipinski definition) is 4. The van der Waals surface area contributed by atoms with Crippen LogP contribution >= 0.6 is 0 Å². The van der Waals surface area contributed by atoms with Crippen LogP contribution in [0.4, 0.5) is 0 Å². The summed E-state index contributed by atoms with van der Waals surface area (Å²) in [7, 11) is 0. The molecule has 4 nitrogen and oxygen atoms in total. The second kappa shape index (κ2) is 3.97. The molecule has 86 valence electrons. The number of phenolic OH excluding ortho intramolecular Hbond substituents is 1. The Morgan fingerprint density at radius 3 is 2.82 bits per heavy atom. The lowest BCUT2D eigenvalue weighted by Crippen LogP contribution is -2.16. The summed E-state index contributed by atoms with van der Waals surface area (Å²) in [5.41, 5.74) is 1.79. The average Bonchev–Trinajstić information content (AvgIpc) is 2.38. The van der Waals surface area contributed by atoms with Crippen molar-refractivity contribution in [1.82, 2.24) is 4.98 Å². The first-order valence-corrected chi connectivity index (χ1v) is 5.38. The van der Waals surface area contributed by atoms with E-state index < -0.39 is 0 Å². The predicted molar refractivity (Wildman–Crippen MR) is 62.3 cm³/mol. The van der Waals surface area contributed by atoms with E-state index in [9.17, 15) is 5.11 Å². The van der Waals surface area contributed by atoms with E-state index in [-0.39, 0.29) is 5.75 Å². The number of fused-ring (bicyclic) bond motifs is 1. The number of rotatable bonds is 1. The molecule has 0 radical (unpaired) electrons. The SMILES string of the molecule is Oc1cccc(-c2cnc3c(c2)OCCO3)c1. The van der Waals surface area contributed by atoms with E-state index in [2.05, 4.69) is 4.98 Å². The van der Waals surface area contributed by atoms with Crippen LogP contribution in [-0.2, 0) is 0 Å². The highest BCUT2D eigenvalue weighted by molar-refractivity contribution is 5.66. The fraction of sp³-hybridized carbons (Fsp3) is 0.154. The summed E-state index contributed by atoms with van der Waals surface area (Å²) < 4.78 is 10.8. The minimum Gasteiger partial charge on any atom is -0.508 e. The number of hydrogen-bond donors (Lipinski definition) is 1. The van der Waals surface area contributed by atoms with Crippen molar-refractivity contribution in [2.24, 2.45) is 0 Å². The molecule has 0 aliphatic carbocycles. The van der Waals surface area contributed by atoms with Crippen LogP contribution in [0.25, 0.3) is 11.1 Å². The van der Waals surface area contributed by atoms with Gasteiger partial charge in [0.15, 0.2) is 5.75 Å². The minimum atomic E-state index is 0.234. The normalized spacial score (nSPS) is 13.4. The zero-order valence-corrected chi connectivity index (χ0v) is 9.09. The maximum absolute atomic E-state index is 9.44. The van der Waals surface area contributed by atoms with Gasteiger partial charge < -0.3 is 14.6 Å². The number of aromatic nitrogens is 1. The number of pyridine rings is 1. The van der Waals surface area contributed by atoms with Gasteiger partial charge >= 0.3 is 0 Å². The molecule has 1 aliphatic heterocycles. The third-order valence-corrected chi connectivity index (χ3v) is 2.58. The molecule has 0 atom stereocenters. The van der Waals surface area contributed by atoms with Crippen molar-refractivity contribution in [3.63, 3.8) is 0 Å². The van der Waals surface area contributed by atoms with E-state index in [0.29, 0.717) is 24.8 Å². The number of benzene rings is 1. The van der Waals surface area contributed by atoms with Crippen molar-refractivity contribution >= 4 is 0 Å². The lowest BCUT2D eigenvalue weighted by atomic mass is 10.1. The average molecular weight is 229 g/mol. The molecule has 0 saturated heterocycles. The summed E-state index contributed by atoms with van der Waals surface area (Å²) in [4.78, 5) is 4.20. The molecule has 0 saturated carbocycles. The van der Waals surface area contributed by atoms with Gasteiger partial charge in [0.25, 0.3) is 5.88 Å². The van der Waals surface area contributed by atoms with Gasteiger partial charge in [0, 0.05) is 11.8 Å². The summed E-state index contributed by atoms with van der Waals surface area (Å²) in [5.74, 6) is 1.41. The van der Waals surface area contributed by atoms with Crippen molar-refractivity contribution < 1.29 is 14.6 Å². The maximum atomic E-state index is 9.44. The first-order chi connectivity index (χ1) is 8.33. The second-order valence-corrected chi connectivity index (χ2v) is 3.77. The minimum absolute atomic E-state index is 0.234. The van der Waals surface area contributed by atoms with Crippen molar-refractivity contribution in [2.75, 3.05) is 13.2 Å². The monoisotopic (exact) mass is 229 g/mol. The first-order valence-electron chi connectivity index (χ1n) is 5.38. The van der Waals surface area contributed by atoms with Crippen LogP contribution < -0.4 is 9.47 Å². The van der Waals surface area contributed by atoms with E-state index in [4.69, 9.17) is 9.47 Å². The molecule has 2 heterocycles. The molecule has 0 bridgehead atoms. The topological polar surface area (TPSA) is 51.6 Å². The van der Waals surface area contributed by atoms with Crippen LogP contribution in [-0.4, -0.2) is 23.3 Å². The molecule has 1 aromatic carbocycles. The van der Waals surface area contributed by atoms with Crippen LogP contribution in [0.15, 0.2) is 36.5 Å². The van der Waals surface area contributed by atoms with E-state index in [1.807, 2.05) is 12.1 Å². The van der Waals surface area contributed by atoms with Crippen LogP contribution in [0.3, 0.4) is 0 Å². The number of aromatic hydroxyl groups is 1. The molecule has 0 amide bonds. The summed E-state index contributed by atoms with van der Waals surface area (Å²) in [6.45, 7) is 1.07. The first kappa shape index (κ1) is 9.96. The van der Waals surface area contributed by atoms with Gasteiger partial charge in [-0.2, -0.15) is 0 Å². The van der Waals surface area contributed by atoms with Gasteiger partial charge in [-0.3, -0.25) is 0 Å². The Bertz CT molecular complexity index is 554. The van der Waals surface area contributed by atoms with Gasteiger partial charge in [-0.1, -0.05) is 12.1 Å². The molecule has 3 rings (SSSR count). The Morgan fingerprint density at radius 2 is 1.94 bits per heavy atom. The highest BCUT2D eigenvalue weighted by Gasteiger charge is 2.13. The van der Waals surface area contributed by atoms with Crippen LogP contribution in [0.2, 0.25) is 0 Å². The smallest absolute Gasteiger partial charge is 0.257 e. The molecule has 1 N–H and O–H groups in total. The summed E-state index contributed by atoms with van der Waals surface area (Å²) >= 11 is 0. The summed E-state index contributed by atoms with van der Waals surface area (Å²) in [6, 6.07) is 8.90. The van der Waals surface area contributed by atoms with E-state index in [1.165, 1.54) is 0 Å². The van der Waals surface area contributed by atoms with Gasteiger partial charge in [-0.15, -0.1) is 0 Å². The Kier molecular flexibility index (Phi) is 2.33. The lowest BCUT2D eigenvalue weighted by Gasteiger charge is -2.17. The Morgan fingerprint density at radius 1 is 1.06 bits per heavy atom. The third-order valence-electron chi connectivity index (χ3n) is 2.58. The van der Waals surface area contributed by atoms with E-state index >= 15 is 0 Å². The number of phenols is 1. The Labute approximate surface area is 98.5 Å². The molecule has 2 aromatic rings. The zero-order valence-electron chi connectivity index (χ0n) is 9.09. The Balaban J connectivity index is 2.04. The summed E-state index contributed by atoms with van der Waals surface area (Å²) in [6.07, 6.45) is 1.71. The van der Waals surface area contributed by atoms with E-state index in [0.717, 1.165) is 11.1 Å². The zero-order chi connectivity index (χ0) is 11.7. The van der Waals surface area contributed by atoms with Crippen molar-refractivity contribution in [1.29, 1.82) is 0 Å². The molecule has 0 fully saturated rings. The molecular formula is C13H11NO3. The molecule has 4 heteroatoms. The van der Waals surface area contributed by atoms with Crippen LogP contribution in [0.1, 0.15) is 0 Å². The van der Waals surface area contributed by atoms with Gasteiger partial charge in [0.2, 0.25) is 0 Å². The molecule has 1 aliphatic rings. The number of nitrogens with zero attached hydrogens (tertiary/aromatic N) is 1. The number of ether oxygens (including phenoxy) is 2. The van der Waals surface area contributed by atoms with Gasteiger partial charge in [0.1, 0.15) is 19.0 Å². The van der Waals surface area contributed by atoms with Crippen molar-refractivity contribution in [2.45, 2.75) is 0 Å². The maximum Gasteiger partial charge on any atom is 0.257 e. The lowest BCUT2D eigenvalue weighted by molar-refractivity contribution is 0.164. The van der Waals surface area contributed by atoms with Crippen molar-refractivity contribution in [3.8, 4) is 28.5 Å². The predicted octanol–water partition coefficient (Wildman–Crippen LogP) is 2.23. The highest BCUT2D eigenvalue weighted by atomic mass is 16.6. The van der Waals surface area contributed by atoms with Crippen LogP contribution in [0.5, 0.6) is 17.4 Å². The van der Waals surface area contributed by atoms with Gasteiger partial charge in [-0.25, -0.2) is 4.98 Å². The fourth-order valence-corrected chi connectivity index (χ4v) is 1.78. The van der Waals surface area contributed by atoms with Crippen molar-refractivity contribution in [3.05, 3.63) is 36.5 Å². The Hall–Kier alpha value is -2.23. The standard InChI is InChI=1S/C13H11NO3/c15-11-3-1-2-9(6-11)10-7-12-13(14-8-10)17-5-4-16-12/h1-3,6-8,15H,4-5H2. The molecule has 17 heavy (non-hydrogen) atoms. The molecular weight excluding hydrogens is 218 g/mol. The van der Waals surface area contributed by atoms with Gasteiger partial charge in [-0.05, 0) is 23.8 Å². The largest absolute Gasteiger partial charge is 0.508 e. The van der Waals surface area contributed by atoms with E-state index in [1.54, 1.807) is 24.4 Å². The quantitative estimate of drug-likeness (QED) is 0.814. The summed E-state index contributed by atoms with van der Waals surface area (Å²) in [5, 5.41) is 9.44. The second-order valence-electron chi connectivity index (χ2n) is 3.77. The molecule has 0 unspecified atom stereocenters. The molecule has 0 spiro atoms.